The molecule has 0 spiro atoms. The number of hydrogen-bond donors (Lipinski definition) is 2. The lowest BCUT2D eigenvalue weighted by Crippen LogP contribution is -2.29. The van der Waals surface area contributed by atoms with Crippen molar-refractivity contribution in [3.8, 4) is 17.2 Å². The van der Waals surface area contributed by atoms with E-state index < -0.39 is 0 Å². The molecule has 10 nitrogen and oxygen atoms in total. The van der Waals surface area contributed by atoms with Gasteiger partial charge < -0.3 is 19.5 Å². The van der Waals surface area contributed by atoms with Crippen molar-refractivity contribution in [1.29, 1.82) is 0 Å². The van der Waals surface area contributed by atoms with Gasteiger partial charge in [-0.25, -0.2) is 4.68 Å². The number of nitrogens with one attached hydrogen (secondary N) is 2. The van der Waals surface area contributed by atoms with Crippen LogP contribution in [0.3, 0.4) is 0 Å². The van der Waals surface area contributed by atoms with Crippen molar-refractivity contribution in [3.63, 3.8) is 0 Å². The summed E-state index contributed by atoms with van der Waals surface area (Å²) >= 11 is 0. The monoisotopic (exact) mass is 451 g/mol. The highest BCUT2D eigenvalue weighted by atomic mass is 16.5. The van der Waals surface area contributed by atoms with Gasteiger partial charge in [-0.15, -0.1) is 0 Å². The Morgan fingerprint density at radius 2 is 1.88 bits per heavy atom. The smallest absolute Gasteiger partial charge is 0.262 e. The Hall–Kier alpha value is -4.08. The molecule has 3 aromatic rings. The molecule has 2 aromatic carbocycles. The molecule has 4 rings (SSSR count). The van der Waals surface area contributed by atoms with E-state index in [1.54, 1.807) is 41.1 Å². The van der Waals surface area contributed by atoms with E-state index in [4.69, 9.17) is 14.2 Å². The van der Waals surface area contributed by atoms with Crippen molar-refractivity contribution in [2.24, 2.45) is 0 Å². The second-order valence-corrected chi connectivity index (χ2v) is 7.23. The highest BCUT2D eigenvalue weighted by Crippen LogP contribution is 2.35. The van der Waals surface area contributed by atoms with Gasteiger partial charge in [0, 0.05) is 5.69 Å². The van der Waals surface area contributed by atoms with Crippen LogP contribution in [0.1, 0.15) is 31.9 Å². The van der Waals surface area contributed by atoms with Gasteiger partial charge in [0.05, 0.1) is 25.7 Å². The highest BCUT2D eigenvalue weighted by molar-refractivity contribution is 5.92. The van der Waals surface area contributed by atoms with Crippen LogP contribution < -0.4 is 24.8 Å². The molecule has 0 unspecified atom stereocenters. The molecule has 0 saturated heterocycles. The van der Waals surface area contributed by atoms with E-state index in [1.807, 2.05) is 19.9 Å². The van der Waals surface area contributed by atoms with Crippen molar-refractivity contribution in [2.45, 2.75) is 26.3 Å². The van der Waals surface area contributed by atoms with E-state index in [0.717, 1.165) is 11.3 Å². The van der Waals surface area contributed by atoms with Crippen LogP contribution in [0, 0.1) is 0 Å². The summed E-state index contributed by atoms with van der Waals surface area (Å²) in [5, 5.41) is 9.70. The van der Waals surface area contributed by atoms with Crippen LogP contribution in [-0.2, 0) is 9.59 Å². The number of hydrogen-bond acceptors (Lipinski definition) is 7. The number of fused-ring (bicyclic) bond motifs is 1. The number of amides is 2. The van der Waals surface area contributed by atoms with E-state index >= 15 is 0 Å². The first-order valence-electron chi connectivity index (χ1n) is 10.7. The standard InChI is InChI=1S/C23H25N5O5/c1-3-31-17-8-6-16(7-9-17)26-22(30)13-33-19-10-5-15(11-20(19)32-4-2)18-12-21(29)27-23-24-14-25-28(18)23/h5-11,14,18H,3-4,12-13H2,1-2H3,(H,26,30)(H,24,25,27,29)/t18-/m0/s1. The Labute approximate surface area is 190 Å². The molecule has 10 heteroatoms. The normalized spacial score (nSPS) is 14.7. The van der Waals surface area contributed by atoms with Gasteiger partial charge >= 0.3 is 0 Å². The number of aromatic nitrogens is 3. The number of ether oxygens (including phenoxy) is 3. The van der Waals surface area contributed by atoms with Gasteiger partial charge in [0.1, 0.15) is 12.1 Å². The van der Waals surface area contributed by atoms with Gasteiger partial charge in [-0.05, 0) is 55.8 Å². The molecule has 0 aliphatic carbocycles. The molecule has 33 heavy (non-hydrogen) atoms. The summed E-state index contributed by atoms with van der Waals surface area (Å²) < 4.78 is 18.5. The fourth-order valence-corrected chi connectivity index (χ4v) is 3.53. The fraction of sp³-hybridized carbons (Fsp3) is 0.304. The predicted molar refractivity (Wildman–Crippen MR) is 121 cm³/mol. The van der Waals surface area contributed by atoms with Crippen molar-refractivity contribution in [2.75, 3.05) is 30.5 Å². The minimum atomic E-state index is -0.313. The van der Waals surface area contributed by atoms with Crippen LogP contribution in [0.25, 0.3) is 0 Å². The van der Waals surface area contributed by atoms with Crippen molar-refractivity contribution < 1.29 is 23.8 Å². The van der Waals surface area contributed by atoms with Crippen molar-refractivity contribution in [3.05, 3.63) is 54.4 Å². The van der Waals surface area contributed by atoms with E-state index in [0.29, 0.717) is 36.3 Å². The topological polar surface area (TPSA) is 117 Å². The minimum absolute atomic E-state index is 0.134. The number of rotatable bonds is 9. The zero-order valence-electron chi connectivity index (χ0n) is 18.4. The molecule has 0 fully saturated rings. The van der Waals surface area contributed by atoms with Crippen molar-refractivity contribution in [1.82, 2.24) is 14.8 Å². The van der Waals surface area contributed by atoms with Gasteiger partial charge in [-0.1, -0.05) is 6.07 Å². The summed E-state index contributed by atoms with van der Waals surface area (Å²) in [7, 11) is 0. The first kappa shape index (κ1) is 22.1. The van der Waals surface area contributed by atoms with E-state index in [-0.39, 0.29) is 30.9 Å². The van der Waals surface area contributed by atoms with Gasteiger partial charge in [0.25, 0.3) is 5.91 Å². The van der Waals surface area contributed by atoms with Crippen LogP contribution >= 0.6 is 0 Å². The third kappa shape index (κ3) is 5.22. The Morgan fingerprint density at radius 1 is 1.09 bits per heavy atom. The van der Waals surface area contributed by atoms with Gasteiger partial charge in [-0.2, -0.15) is 10.1 Å². The summed E-state index contributed by atoms with van der Waals surface area (Å²) in [5.41, 5.74) is 1.47. The third-order valence-electron chi connectivity index (χ3n) is 4.96. The average Bonchev–Trinajstić information content (AvgIpc) is 3.28. The summed E-state index contributed by atoms with van der Waals surface area (Å²) in [6.45, 7) is 4.57. The molecule has 172 valence electrons. The van der Waals surface area contributed by atoms with Crippen molar-refractivity contribution >= 4 is 23.5 Å². The Morgan fingerprint density at radius 3 is 2.64 bits per heavy atom. The lowest BCUT2D eigenvalue weighted by atomic mass is 10.0. The maximum Gasteiger partial charge on any atom is 0.262 e. The zero-order chi connectivity index (χ0) is 23.2. The lowest BCUT2D eigenvalue weighted by Gasteiger charge is -2.24. The van der Waals surface area contributed by atoms with Gasteiger partial charge in [0.15, 0.2) is 18.1 Å². The number of carbonyl (C=O) groups excluding carboxylic acids is 2. The summed E-state index contributed by atoms with van der Waals surface area (Å²) in [5.74, 6) is 1.62. The Bertz CT molecular complexity index is 1130. The van der Waals surface area contributed by atoms with Crippen LogP contribution in [0.15, 0.2) is 48.8 Å². The largest absolute Gasteiger partial charge is 0.494 e. The minimum Gasteiger partial charge on any atom is -0.494 e. The Balaban J connectivity index is 1.44. The number of nitrogens with zero attached hydrogens (tertiary/aromatic N) is 3. The Kier molecular flexibility index (Phi) is 6.72. The average molecular weight is 451 g/mol. The molecule has 1 aliphatic heterocycles. The maximum atomic E-state index is 12.4. The number of carbonyl (C=O) groups is 2. The van der Waals surface area contributed by atoms with Crippen LogP contribution in [0.4, 0.5) is 11.6 Å². The molecule has 2 N–H and O–H groups in total. The molecule has 1 atom stereocenters. The molecule has 2 heterocycles. The SMILES string of the molecule is CCOc1ccc(NC(=O)COc2ccc([C@@H]3CC(=O)Nc4ncnn43)cc2OCC)cc1. The summed E-state index contributed by atoms with van der Waals surface area (Å²) in [6.07, 6.45) is 1.63. The summed E-state index contributed by atoms with van der Waals surface area (Å²) in [6, 6.07) is 12.2. The lowest BCUT2D eigenvalue weighted by molar-refractivity contribution is -0.118. The van der Waals surface area contributed by atoms with Crippen LogP contribution in [-0.4, -0.2) is 46.4 Å². The molecular weight excluding hydrogens is 426 g/mol. The summed E-state index contributed by atoms with van der Waals surface area (Å²) in [4.78, 5) is 28.5. The maximum absolute atomic E-state index is 12.4. The molecular formula is C23H25N5O5. The van der Waals surface area contributed by atoms with E-state index in [1.165, 1.54) is 6.33 Å². The van der Waals surface area contributed by atoms with Crippen LogP contribution in [0.2, 0.25) is 0 Å². The fourth-order valence-electron chi connectivity index (χ4n) is 3.53. The molecule has 0 saturated carbocycles. The highest BCUT2D eigenvalue weighted by Gasteiger charge is 2.28. The molecule has 0 bridgehead atoms. The number of benzene rings is 2. The second-order valence-electron chi connectivity index (χ2n) is 7.23. The quantitative estimate of drug-likeness (QED) is 0.514. The van der Waals surface area contributed by atoms with E-state index in [9.17, 15) is 9.59 Å². The predicted octanol–water partition coefficient (Wildman–Crippen LogP) is 3.02. The zero-order valence-corrected chi connectivity index (χ0v) is 18.4. The van der Waals surface area contributed by atoms with E-state index in [2.05, 4.69) is 20.7 Å². The molecule has 0 radical (unpaired) electrons. The molecule has 1 aromatic heterocycles. The molecule has 1 aliphatic rings. The number of anilines is 2. The van der Waals surface area contributed by atoms with Gasteiger partial charge in [-0.3, -0.25) is 14.9 Å². The first-order valence-corrected chi connectivity index (χ1v) is 10.7. The van der Waals surface area contributed by atoms with Crippen LogP contribution in [0.5, 0.6) is 17.2 Å². The second kappa shape index (κ2) is 10.0. The molecule has 2 amide bonds. The third-order valence-corrected chi connectivity index (χ3v) is 4.96. The first-order chi connectivity index (χ1) is 16.1. The van der Waals surface area contributed by atoms with Gasteiger partial charge in [0.2, 0.25) is 11.9 Å².